The Labute approximate surface area is 203 Å². The molecule has 0 unspecified atom stereocenters. The van der Waals surface area contributed by atoms with E-state index in [1.54, 1.807) is 0 Å². The van der Waals surface area contributed by atoms with Crippen molar-refractivity contribution < 1.29 is 92.9 Å². The molecule has 27 heavy (non-hydrogen) atoms. The smallest absolute Gasteiger partial charge is 0.790 e. The van der Waals surface area contributed by atoms with Crippen LogP contribution in [-0.2, 0) is 13.8 Å². The molecule has 0 spiro atoms. The second-order valence-corrected chi connectivity index (χ2v) is 7.03. The zero-order chi connectivity index (χ0) is 18.5. The van der Waals surface area contributed by atoms with Crippen LogP contribution >= 0.6 is 23.8 Å². The van der Waals surface area contributed by atoms with Gasteiger partial charge in [0.15, 0.2) is 22.1 Å². The van der Waals surface area contributed by atoms with Gasteiger partial charge in [0.2, 0.25) is 5.95 Å². The molecule has 0 radical (unpaired) electrons. The van der Waals surface area contributed by atoms with Gasteiger partial charge in [-0.15, -0.1) is 0 Å². The number of ether oxygens (including phenoxy) is 1. The number of halogens is 1. The van der Waals surface area contributed by atoms with Crippen LogP contribution in [0.4, 0.5) is 5.95 Å². The number of aromatic nitrogens is 4. The van der Waals surface area contributed by atoms with Crippen molar-refractivity contribution in [3.05, 3.63) is 15.1 Å². The van der Waals surface area contributed by atoms with E-state index in [0.717, 1.165) is 4.57 Å². The topological polar surface area (TPSA) is 212 Å². The average molecular weight is 486 g/mol. The number of nitrogens with one attached hydrogen (secondary N) is 1. The molecule has 1 aliphatic heterocycles. The normalized spacial score (nSPS) is 25.2. The second-order valence-electron chi connectivity index (χ2n) is 5.16. The van der Waals surface area contributed by atoms with Crippen molar-refractivity contribution >= 4 is 40.9 Å². The fourth-order valence-corrected chi connectivity index (χ4v) is 3.32. The number of H-pyrrole nitrogens is 1. The molecule has 0 amide bonds. The van der Waals surface area contributed by atoms with E-state index < -0.39 is 44.5 Å². The van der Waals surface area contributed by atoms with Crippen molar-refractivity contribution in [1.82, 2.24) is 19.5 Å². The number of phosphoric ester groups is 1. The van der Waals surface area contributed by atoms with E-state index in [1.165, 1.54) is 0 Å². The molecule has 5 N–H and O–H groups in total. The zero-order valence-corrected chi connectivity index (χ0v) is 20.6. The van der Waals surface area contributed by atoms with Gasteiger partial charge in [-0.05, 0) is 15.9 Å². The van der Waals surface area contributed by atoms with E-state index in [2.05, 4.69) is 35.4 Å². The maximum Gasteiger partial charge on any atom is 1.00 e. The van der Waals surface area contributed by atoms with Gasteiger partial charge in [0.1, 0.15) is 18.3 Å². The van der Waals surface area contributed by atoms with Crippen LogP contribution in [0.2, 0.25) is 0 Å². The maximum absolute atomic E-state index is 11.9. The number of hydrogen-bond acceptors (Lipinski definition) is 11. The summed E-state index contributed by atoms with van der Waals surface area (Å²) in [4.78, 5) is 43.1. The van der Waals surface area contributed by atoms with Gasteiger partial charge in [0.05, 0.1) is 14.4 Å². The third-order valence-electron chi connectivity index (χ3n) is 3.51. The molecule has 0 bridgehead atoms. The van der Waals surface area contributed by atoms with Crippen LogP contribution in [0.3, 0.4) is 0 Å². The summed E-state index contributed by atoms with van der Waals surface area (Å²) in [5, 5.41) is 20.2. The Morgan fingerprint density at radius 1 is 1.33 bits per heavy atom. The molecule has 0 aromatic carbocycles. The van der Waals surface area contributed by atoms with Gasteiger partial charge in [0, 0.05) is 0 Å². The summed E-state index contributed by atoms with van der Waals surface area (Å²) in [7, 11) is -5.28. The minimum absolute atomic E-state index is 0. The molecule has 3 rings (SSSR count). The Morgan fingerprint density at radius 3 is 2.56 bits per heavy atom. The minimum Gasteiger partial charge on any atom is -0.790 e. The van der Waals surface area contributed by atoms with Crippen LogP contribution in [0.1, 0.15) is 6.23 Å². The van der Waals surface area contributed by atoms with Crippen LogP contribution in [0.25, 0.3) is 11.2 Å². The van der Waals surface area contributed by atoms with E-state index in [4.69, 9.17) is 10.5 Å². The standard InChI is InChI=1S/C10H13BrN5O8P.2Na/c11-9-13-3-6(14-10(12)15-7(3)19)16(9)8-5(18)4(17)2(24-8)1-23-25(20,21)22;;/h2,4-5,8,17-18H,1H2,(H2,20,21,22)(H3,12,14,15,19);;/q;2*+1/p-2/t2-,4-,5-,8-;;/m1../s1. The fraction of sp³-hybridized carbons (Fsp3) is 0.500. The molecule has 2 aromatic rings. The Balaban J connectivity index is 0.00000182. The van der Waals surface area contributed by atoms with Gasteiger partial charge in [-0.2, -0.15) is 4.98 Å². The molecule has 1 saturated heterocycles. The number of nitrogen functional groups attached to an aromatic ring is 1. The molecule has 4 atom stereocenters. The molecule has 1 fully saturated rings. The molecule has 17 heteroatoms. The summed E-state index contributed by atoms with van der Waals surface area (Å²) >= 11 is 3.09. The third kappa shape index (κ3) is 5.41. The first-order valence-corrected chi connectivity index (χ1v) is 8.95. The second kappa shape index (κ2) is 9.62. The quantitative estimate of drug-likeness (QED) is 0.181. The molecule has 3 heterocycles. The molecule has 0 aliphatic carbocycles. The predicted octanol–water partition coefficient (Wildman–Crippen LogP) is -9.06. The van der Waals surface area contributed by atoms with Gasteiger partial charge in [-0.3, -0.25) is 14.3 Å². The average Bonchev–Trinajstić information content (AvgIpc) is 2.95. The van der Waals surface area contributed by atoms with Crippen LogP contribution in [-0.4, -0.2) is 54.7 Å². The summed E-state index contributed by atoms with van der Waals surface area (Å²) < 4.78 is 21.2. The summed E-state index contributed by atoms with van der Waals surface area (Å²) in [6.45, 7) is -0.792. The van der Waals surface area contributed by atoms with E-state index in [-0.39, 0.29) is 81.0 Å². The van der Waals surface area contributed by atoms with E-state index in [0.29, 0.717) is 0 Å². The third-order valence-corrected chi connectivity index (χ3v) is 4.54. The van der Waals surface area contributed by atoms with Crippen LogP contribution in [0.5, 0.6) is 0 Å². The van der Waals surface area contributed by atoms with Crippen LogP contribution in [0.15, 0.2) is 9.53 Å². The molecular formula is C10H11BrN5Na2O8P. The first-order valence-electron chi connectivity index (χ1n) is 6.70. The molecule has 138 valence electrons. The van der Waals surface area contributed by atoms with Gasteiger partial charge >= 0.3 is 59.1 Å². The molecule has 1 aliphatic rings. The fourth-order valence-electron chi connectivity index (χ4n) is 2.44. The number of rotatable bonds is 4. The largest absolute Gasteiger partial charge is 1.00 e. The van der Waals surface area contributed by atoms with Crippen molar-refractivity contribution in [2.45, 2.75) is 24.5 Å². The van der Waals surface area contributed by atoms with Crippen molar-refractivity contribution in [3.63, 3.8) is 0 Å². The number of aliphatic hydroxyl groups excluding tert-OH is 2. The number of anilines is 1. The number of aliphatic hydroxyl groups is 2. The number of fused-ring (bicyclic) bond motifs is 1. The Bertz CT molecular complexity index is 921. The van der Waals surface area contributed by atoms with Gasteiger partial charge in [-0.1, -0.05) is 0 Å². The first kappa shape index (κ1) is 25.7. The monoisotopic (exact) mass is 485 g/mol. The van der Waals surface area contributed by atoms with Crippen molar-refractivity contribution in [3.8, 4) is 0 Å². The first-order chi connectivity index (χ1) is 11.6. The van der Waals surface area contributed by atoms with Gasteiger partial charge in [-0.25, -0.2) is 4.98 Å². The van der Waals surface area contributed by atoms with Crippen molar-refractivity contribution in [2.75, 3.05) is 12.3 Å². The minimum atomic E-state index is -5.28. The van der Waals surface area contributed by atoms with E-state index >= 15 is 0 Å². The Kier molecular flexibility index (Phi) is 9.14. The van der Waals surface area contributed by atoms with Gasteiger partial charge in [0.25, 0.3) is 5.56 Å². The van der Waals surface area contributed by atoms with Crippen LogP contribution < -0.4 is 80.2 Å². The van der Waals surface area contributed by atoms with E-state index in [9.17, 15) is 29.4 Å². The number of imidazole rings is 1. The molecule has 13 nitrogen and oxygen atoms in total. The molecule has 2 aromatic heterocycles. The number of hydrogen-bond donors (Lipinski definition) is 4. The summed E-state index contributed by atoms with van der Waals surface area (Å²) in [6.07, 6.45) is -5.74. The molecule has 0 saturated carbocycles. The summed E-state index contributed by atoms with van der Waals surface area (Å²) in [6, 6.07) is 0. The number of aromatic amines is 1. The number of nitrogens with two attached hydrogens (primary N) is 1. The van der Waals surface area contributed by atoms with Crippen molar-refractivity contribution in [1.29, 1.82) is 0 Å². The van der Waals surface area contributed by atoms with E-state index in [1.807, 2.05) is 0 Å². The zero-order valence-electron chi connectivity index (χ0n) is 14.1. The van der Waals surface area contributed by atoms with Crippen molar-refractivity contribution in [2.24, 2.45) is 0 Å². The SMILES string of the molecule is Nc1nc2c(nc(Br)n2[C@@H]2O[C@H](COP(=O)([O-])[O-])[C@@H](O)[C@H]2O)c(=O)[nH]1.[Na+].[Na+]. The summed E-state index contributed by atoms with van der Waals surface area (Å²) in [5.74, 6) is -0.210. The Morgan fingerprint density at radius 2 is 1.96 bits per heavy atom. The predicted molar refractivity (Wildman–Crippen MR) is 79.7 cm³/mol. The van der Waals surface area contributed by atoms with Crippen LogP contribution in [0, 0.1) is 0 Å². The molecular weight excluding hydrogens is 475 g/mol. The van der Waals surface area contributed by atoms with Gasteiger partial charge < -0.3 is 39.6 Å². The Hall–Kier alpha value is 0.620. The maximum atomic E-state index is 11.9. The summed E-state index contributed by atoms with van der Waals surface area (Å²) in [5.41, 5.74) is 4.72. The number of nitrogens with zero attached hydrogens (tertiary/aromatic N) is 3. The number of phosphoric acid groups is 1.